The predicted octanol–water partition coefficient (Wildman–Crippen LogP) is 17.7. The number of alkyl halides is 24. The quantitative estimate of drug-likeness (QED) is 0.0476. The van der Waals surface area contributed by atoms with Gasteiger partial charge in [-0.25, -0.2) is 4.98 Å². The lowest BCUT2D eigenvalue weighted by Crippen LogP contribution is -2.75. The highest BCUT2D eigenvalue weighted by Gasteiger charge is 2.47. The number of carbonyl (C=O) groups excluding carboxylic acids is 1. The Morgan fingerprint density at radius 1 is 0.363 bits per heavy atom. The van der Waals surface area contributed by atoms with E-state index < -0.39 is 195 Å². The highest BCUT2D eigenvalue weighted by Crippen LogP contribution is 2.43. The van der Waals surface area contributed by atoms with Crippen LogP contribution in [0.5, 0.6) is 11.6 Å². The van der Waals surface area contributed by atoms with Gasteiger partial charge in [0.15, 0.2) is 6.20 Å². The van der Waals surface area contributed by atoms with Gasteiger partial charge in [-0.2, -0.15) is 132 Å². The molecule has 0 aliphatic heterocycles. The Balaban J connectivity index is 0.000000242. The third kappa shape index (κ3) is 14.3. The monoisotopic (exact) mass is 1300 g/mol. The van der Waals surface area contributed by atoms with Crippen molar-refractivity contribution in [2.45, 2.75) is 56.0 Å². The van der Waals surface area contributed by atoms with Gasteiger partial charge < -0.3 is 4.74 Å². The van der Waals surface area contributed by atoms with Gasteiger partial charge in [-0.15, -0.1) is 0 Å². The Bertz CT molecular complexity index is 3950. The van der Waals surface area contributed by atoms with E-state index in [0.717, 1.165) is 32.7 Å². The molecular formula is C62H33BF24N2O2. The van der Waals surface area contributed by atoms with Crippen molar-refractivity contribution in [1.29, 1.82) is 0 Å². The molecule has 0 atom stereocenters. The maximum atomic E-state index is 14.2. The first-order valence-electron chi connectivity index (χ1n) is 25.8. The van der Waals surface area contributed by atoms with E-state index in [1.165, 1.54) is 5.39 Å². The highest BCUT2D eigenvalue weighted by atomic mass is 19.4. The number of hydrogen-bond acceptors (Lipinski definition) is 3. The Labute approximate surface area is 495 Å². The molecular weight excluding hydrogens is 1270 g/mol. The molecule has 0 saturated carbocycles. The van der Waals surface area contributed by atoms with Crippen LogP contribution in [0.25, 0.3) is 32.3 Å². The van der Waals surface area contributed by atoms with E-state index in [4.69, 9.17) is 4.74 Å². The molecule has 0 amide bonds. The molecule has 4 nitrogen and oxygen atoms in total. The maximum Gasteiger partial charge on any atom is 0.416 e. The number of carbonyl (C=O) groups is 1. The van der Waals surface area contributed by atoms with Crippen molar-refractivity contribution in [2.75, 3.05) is 0 Å². The normalized spacial score (nSPS) is 13.1. The summed E-state index contributed by atoms with van der Waals surface area (Å²) in [5.74, 6) is 1.23. The topological polar surface area (TPSA) is 43.1 Å². The zero-order chi connectivity index (χ0) is 66.8. The van der Waals surface area contributed by atoms with Crippen LogP contribution < -0.4 is 31.2 Å². The van der Waals surface area contributed by atoms with Crippen LogP contribution in [0.15, 0.2) is 188 Å². The highest BCUT2D eigenvalue weighted by molar-refractivity contribution is 7.20. The molecule has 0 saturated heterocycles. The van der Waals surface area contributed by atoms with E-state index in [1.807, 2.05) is 48.5 Å². The molecule has 9 aromatic carbocycles. The van der Waals surface area contributed by atoms with E-state index in [1.54, 1.807) is 23.2 Å². The van der Waals surface area contributed by atoms with Crippen LogP contribution in [0.4, 0.5) is 105 Å². The summed E-state index contributed by atoms with van der Waals surface area (Å²) in [5.41, 5.74) is -29.5. The number of benzene rings is 9. The van der Waals surface area contributed by atoms with Gasteiger partial charge in [0.2, 0.25) is 18.5 Å². The van der Waals surface area contributed by atoms with Crippen LogP contribution in [-0.4, -0.2) is 16.9 Å². The molecule has 474 valence electrons. The summed E-state index contributed by atoms with van der Waals surface area (Å²) in [6, 6.07) is 23.6. The van der Waals surface area contributed by atoms with E-state index in [-0.39, 0.29) is 12.3 Å². The molecule has 10 rings (SSSR count). The smallest absolute Gasteiger partial charge is 0.416 e. The number of ether oxygens (including phenoxy) is 1. The van der Waals surface area contributed by atoms with Crippen molar-refractivity contribution in [1.82, 2.24) is 4.98 Å². The standard InChI is InChI=1S/C32H12BF24.C30H21N2O2/c34-25(35,36)13-1-14(26(37,38)39)6-21(5-13)33(22-7-15(27(40,41)42)2-16(8-22)28(43,44)45,23-9-17(29(46,47)48)3-18(10-23)30(49,50)51)24-11-19(31(52,53)54)4-20(12-24)32(55,56)57;33-28(21-8-2-1-3-9-21)19-32-15-14-31-29(20-32)34-30-26-13-7-6-12-24(26)17-25-16-22-10-4-5-11-23(22)18-27(25)30/h1-12H;1-18,20H,19H2/q-1;+1. The fraction of sp³-hybridized carbons (Fsp3) is 0.145. The Kier molecular flexibility index (Phi) is 17.1. The van der Waals surface area contributed by atoms with Crippen LogP contribution in [0.2, 0.25) is 0 Å². The fourth-order valence-corrected chi connectivity index (χ4v) is 10.4. The lowest BCUT2D eigenvalue weighted by molar-refractivity contribution is -0.683. The maximum absolute atomic E-state index is 14.2. The summed E-state index contributed by atoms with van der Waals surface area (Å²) in [4.78, 5) is 17.1. The molecule has 29 heteroatoms. The summed E-state index contributed by atoms with van der Waals surface area (Å²) in [7, 11) is 0. The zero-order valence-electron chi connectivity index (χ0n) is 45.0. The van der Waals surface area contributed by atoms with Gasteiger partial charge in [-0.3, -0.25) is 4.79 Å². The fourth-order valence-electron chi connectivity index (χ4n) is 10.4. The van der Waals surface area contributed by atoms with Crippen LogP contribution in [0.1, 0.15) is 54.9 Å². The molecule has 10 aromatic rings. The average molecular weight is 1300 g/mol. The molecule has 91 heavy (non-hydrogen) atoms. The summed E-state index contributed by atoms with van der Waals surface area (Å²) >= 11 is 0. The van der Waals surface area contributed by atoms with Crippen molar-refractivity contribution >= 4 is 66.1 Å². The van der Waals surface area contributed by atoms with Crippen molar-refractivity contribution in [3.63, 3.8) is 0 Å². The number of aromatic nitrogens is 2. The minimum atomic E-state index is -6.13. The summed E-state index contributed by atoms with van der Waals surface area (Å²) in [6.07, 6.45) is -49.6. The second kappa shape index (κ2) is 23.5. The van der Waals surface area contributed by atoms with Crippen molar-refractivity contribution in [3.8, 4) is 11.6 Å². The second-order valence-electron chi connectivity index (χ2n) is 20.5. The van der Waals surface area contributed by atoms with Crippen LogP contribution in [0, 0.1) is 0 Å². The van der Waals surface area contributed by atoms with Gasteiger partial charge in [-0.05, 0) is 64.0 Å². The van der Waals surface area contributed by atoms with Gasteiger partial charge in [0.05, 0.1) is 50.7 Å². The first-order valence-corrected chi connectivity index (χ1v) is 25.8. The molecule has 0 radical (unpaired) electrons. The zero-order valence-corrected chi connectivity index (χ0v) is 45.0. The van der Waals surface area contributed by atoms with Gasteiger partial charge in [0, 0.05) is 16.3 Å². The minimum absolute atomic E-state index is 0.0323. The Hall–Kier alpha value is -9.31. The number of fused-ring (bicyclic) bond motifs is 3. The molecule has 1 aromatic heterocycles. The molecule has 0 aliphatic rings. The molecule has 0 unspecified atom stereocenters. The van der Waals surface area contributed by atoms with Crippen molar-refractivity contribution < 1.29 is 119 Å². The van der Waals surface area contributed by atoms with E-state index in [2.05, 4.69) is 53.5 Å². The van der Waals surface area contributed by atoms with Gasteiger partial charge >= 0.3 is 49.4 Å². The number of Topliss-reactive ketones (excluding diaryl/α,β-unsaturated/α-hetero) is 1. The molecule has 0 N–H and O–H groups in total. The average Bonchev–Trinajstić information content (AvgIpc) is 0.713. The van der Waals surface area contributed by atoms with Crippen LogP contribution in [0.3, 0.4) is 0 Å². The number of rotatable bonds is 9. The predicted molar refractivity (Wildman–Crippen MR) is 284 cm³/mol. The van der Waals surface area contributed by atoms with Gasteiger partial charge in [0.1, 0.15) is 11.9 Å². The summed E-state index contributed by atoms with van der Waals surface area (Å²) in [5, 5.41) is 6.59. The van der Waals surface area contributed by atoms with Crippen LogP contribution >= 0.6 is 0 Å². The lowest BCUT2D eigenvalue weighted by Gasteiger charge is -2.46. The van der Waals surface area contributed by atoms with Crippen molar-refractivity contribution in [2.24, 2.45) is 0 Å². The van der Waals surface area contributed by atoms with Gasteiger partial charge in [0.25, 0.3) is 5.88 Å². The second-order valence-corrected chi connectivity index (χ2v) is 20.5. The SMILES string of the molecule is FC(F)(F)c1cc([B-](c2cc(C(F)(F)F)cc(C(F)(F)F)c2)(c2cc(C(F)(F)F)cc(C(F)(F)F)c2)c2cc(C(F)(F)F)cc(C(F)(F)F)c2)cc(C(F)(F)F)c1.O=C(C[n+]1ccnc(Oc2c3ccccc3cc3cc4ccccc4cc23)c1)c1ccccc1. The summed E-state index contributed by atoms with van der Waals surface area (Å²) in [6.45, 7) is 0.212. The first-order chi connectivity index (χ1) is 42.0. The van der Waals surface area contributed by atoms with Gasteiger partial charge in [-0.1, -0.05) is 127 Å². The van der Waals surface area contributed by atoms with Crippen molar-refractivity contribution in [3.05, 3.63) is 239 Å². The van der Waals surface area contributed by atoms with E-state index >= 15 is 0 Å². The molecule has 0 fully saturated rings. The van der Waals surface area contributed by atoms with Crippen LogP contribution in [-0.2, 0) is 56.0 Å². The third-order valence-electron chi connectivity index (χ3n) is 14.5. The molecule has 0 aliphatic carbocycles. The lowest BCUT2D eigenvalue weighted by atomic mass is 9.12. The van der Waals surface area contributed by atoms with E-state index in [0.29, 0.717) is 11.4 Å². The molecule has 0 bridgehead atoms. The summed E-state index contributed by atoms with van der Waals surface area (Å²) < 4.78 is 349. The Morgan fingerprint density at radius 2 is 0.681 bits per heavy atom. The third-order valence-corrected chi connectivity index (χ3v) is 14.5. The largest absolute Gasteiger partial charge is 0.433 e. The Morgan fingerprint density at radius 3 is 1.04 bits per heavy atom. The molecule has 1 heterocycles. The number of hydrogen-bond donors (Lipinski definition) is 0. The first kappa shape index (κ1) is 66.1. The minimum Gasteiger partial charge on any atom is -0.433 e. The number of nitrogens with zero attached hydrogens (tertiary/aromatic N) is 2. The molecule has 0 spiro atoms. The number of ketones is 1. The van der Waals surface area contributed by atoms with E-state index in [9.17, 15) is 110 Å². The number of halogens is 24.